The third kappa shape index (κ3) is 9.61. The number of halogens is 6. The standard InChI is InChI=1S/C19H25N3O2.2C2HF3O2/c1-23-19-6-8-22(11-15-4-2-7-20-10-15)18-14-21(13-17(18)19)12-16-5-3-9-24-16;2*3-2(4,5)1(6)7/h2-5,7,9-10,17-19H,6,8,11-14H2,1H3;2*(H,6,7)/t17-,18+,19-;;/m0../s1. The highest BCUT2D eigenvalue weighted by molar-refractivity contribution is 5.73. The molecule has 0 spiro atoms. The zero-order valence-electron chi connectivity index (χ0n) is 20.2. The maximum absolute atomic E-state index is 10.6. The molecule has 2 aliphatic rings. The number of rotatable bonds is 5. The number of aromatic nitrogens is 1. The van der Waals surface area contributed by atoms with Gasteiger partial charge in [0.15, 0.2) is 0 Å². The lowest BCUT2D eigenvalue weighted by molar-refractivity contribution is -0.193. The molecule has 2 aromatic rings. The van der Waals surface area contributed by atoms with Crippen molar-refractivity contribution in [3.8, 4) is 0 Å². The van der Waals surface area contributed by atoms with Crippen molar-refractivity contribution in [3.05, 3.63) is 54.2 Å². The van der Waals surface area contributed by atoms with Crippen molar-refractivity contribution in [1.82, 2.24) is 14.8 Å². The predicted molar refractivity (Wildman–Crippen MR) is 119 cm³/mol. The van der Waals surface area contributed by atoms with E-state index in [0.717, 1.165) is 44.9 Å². The Hall–Kier alpha value is -3.17. The molecule has 4 rings (SSSR count). The molecule has 2 aromatic heterocycles. The number of nitrogens with zero attached hydrogens (tertiary/aromatic N) is 3. The summed E-state index contributed by atoms with van der Waals surface area (Å²) in [7, 11) is 1.85. The van der Waals surface area contributed by atoms with Gasteiger partial charge in [0.05, 0.1) is 18.9 Å². The number of carboxylic acids is 2. The number of ether oxygens (including phenoxy) is 1. The molecule has 0 aromatic carbocycles. The van der Waals surface area contributed by atoms with Crippen LogP contribution in [0.1, 0.15) is 17.7 Å². The van der Waals surface area contributed by atoms with E-state index in [4.69, 9.17) is 29.0 Å². The molecule has 2 saturated heterocycles. The molecular weight excluding hydrogens is 528 g/mol. The number of alkyl halides is 6. The van der Waals surface area contributed by atoms with Gasteiger partial charge in [0.1, 0.15) is 5.76 Å². The molecule has 2 N–H and O–H groups in total. The van der Waals surface area contributed by atoms with Crippen LogP contribution in [-0.4, -0.2) is 88.2 Å². The number of furan rings is 1. The molecule has 15 heteroatoms. The summed E-state index contributed by atoms with van der Waals surface area (Å²) in [6.45, 7) is 5.10. The van der Waals surface area contributed by atoms with E-state index in [1.807, 2.05) is 31.6 Å². The minimum atomic E-state index is -5.08. The SMILES string of the molecule is CO[C@H]1CCN(Cc2cccnc2)[C@@H]2CN(Cc3ccco3)C[C@H]12.O=C(O)C(F)(F)F.O=C(O)C(F)(F)F. The zero-order chi connectivity index (χ0) is 28.5. The lowest BCUT2D eigenvalue weighted by Crippen LogP contribution is -2.50. The largest absolute Gasteiger partial charge is 0.490 e. The van der Waals surface area contributed by atoms with E-state index in [0.29, 0.717) is 18.1 Å². The van der Waals surface area contributed by atoms with Crippen LogP contribution in [0.5, 0.6) is 0 Å². The van der Waals surface area contributed by atoms with Crippen LogP contribution in [0, 0.1) is 5.92 Å². The molecule has 2 aliphatic heterocycles. The Morgan fingerprint density at radius 1 is 1.05 bits per heavy atom. The number of carboxylic acid groups (broad SMARTS) is 2. The van der Waals surface area contributed by atoms with Crippen LogP contribution in [0.4, 0.5) is 26.3 Å². The van der Waals surface area contributed by atoms with Crippen molar-refractivity contribution in [1.29, 1.82) is 0 Å². The highest BCUT2D eigenvalue weighted by atomic mass is 19.4. The number of carbonyl (C=O) groups is 2. The molecule has 0 aliphatic carbocycles. The second-order valence-electron chi connectivity index (χ2n) is 8.51. The number of aliphatic carboxylic acids is 2. The third-order valence-corrected chi connectivity index (χ3v) is 5.91. The van der Waals surface area contributed by atoms with E-state index in [9.17, 15) is 26.3 Å². The summed E-state index contributed by atoms with van der Waals surface area (Å²) in [5.74, 6) is -3.91. The van der Waals surface area contributed by atoms with Crippen LogP contribution in [0.25, 0.3) is 0 Å². The highest BCUT2D eigenvalue weighted by Gasteiger charge is 2.44. The van der Waals surface area contributed by atoms with E-state index >= 15 is 0 Å². The molecule has 4 heterocycles. The second kappa shape index (κ2) is 13.6. The van der Waals surface area contributed by atoms with Gasteiger partial charge in [-0.15, -0.1) is 0 Å². The van der Waals surface area contributed by atoms with Crippen molar-refractivity contribution in [2.24, 2.45) is 5.92 Å². The van der Waals surface area contributed by atoms with E-state index < -0.39 is 24.3 Å². The summed E-state index contributed by atoms with van der Waals surface area (Å²) in [6.07, 6.45) is -3.13. The van der Waals surface area contributed by atoms with E-state index in [1.54, 1.807) is 6.26 Å². The van der Waals surface area contributed by atoms with E-state index in [2.05, 4.69) is 26.9 Å². The first-order valence-corrected chi connectivity index (χ1v) is 11.2. The van der Waals surface area contributed by atoms with Crippen LogP contribution >= 0.6 is 0 Å². The molecule has 2 fully saturated rings. The summed E-state index contributed by atoms with van der Waals surface area (Å²) in [6, 6.07) is 8.75. The maximum atomic E-state index is 10.6. The normalized spacial score (nSPS) is 21.9. The van der Waals surface area contributed by atoms with Crippen molar-refractivity contribution in [2.45, 2.75) is 44.0 Å². The lowest BCUT2D eigenvalue weighted by Gasteiger charge is -2.41. The Kier molecular flexibility index (Phi) is 11.1. The number of hydrogen-bond acceptors (Lipinski definition) is 7. The average molecular weight is 555 g/mol. The van der Waals surface area contributed by atoms with Crippen LogP contribution in [-0.2, 0) is 27.4 Å². The van der Waals surface area contributed by atoms with Crippen LogP contribution in [0.3, 0.4) is 0 Å². The summed E-state index contributed by atoms with van der Waals surface area (Å²) in [4.78, 5) is 27.2. The minimum Gasteiger partial charge on any atom is -0.475 e. The number of methoxy groups -OCH3 is 1. The highest BCUT2D eigenvalue weighted by Crippen LogP contribution is 2.34. The number of piperidine rings is 1. The summed E-state index contributed by atoms with van der Waals surface area (Å²) >= 11 is 0. The minimum absolute atomic E-state index is 0.363. The zero-order valence-corrected chi connectivity index (χ0v) is 20.2. The van der Waals surface area contributed by atoms with E-state index in [-0.39, 0.29) is 0 Å². The molecule has 0 bridgehead atoms. The van der Waals surface area contributed by atoms with E-state index in [1.165, 1.54) is 5.56 Å². The lowest BCUT2D eigenvalue weighted by atomic mass is 9.88. The topological polar surface area (TPSA) is 116 Å². The van der Waals surface area contributed by atoms with Gasteiger partial charge in [0, 0.05) is 57.6 Å². The van der Waals surface area contributed by atoms with Gasteiger partial charge in [-0.25, -0.2) is 9.59 Å². The van der Waals surface area contributed by atoms with Crippen molar-refractivity contribution < 1.29 is 55.3 Å². The van der Waals surface area contributed by atoms with Crippen molar-refractivity contribution in [3.63, 3.8) is 0 Å². The molecule has 38 heavy (non-hydrogen) atoms. The molecule has 0 amide bonds. The van der Waals surface area contributed by atoms with Gasteiger partial charge >= 0.3 is 24.3 Å². The summed E-state index contributed by atoms with van der Waals surface area (Å²) in [5, 5.41) is 14.2. The van der Waals surface area contributed by atoms with Crippen LogP contribution < -0.4 is 0 Å². The van der Waals surface area contributed by atoms with Gasteiger partial charge in [-0.3, -0.25) is 14.8 Å². The number of hydrogen-bond donors (Lipinski definition) is 2. The fraction of sp³-hybridized carbons (Fsp3) is 0.522. The molecular formula is C23H27F6N3O6. The van der Waals surface area contributed by atoms with Crippen LogP contribution in [0.15, 0.2) is 47.3 Å². The van der Waals surface area contributed by atoms with Crippen LogP contribution in [0.2, 0.25) is 0 Å². The van der Waals surface area contributed by atoms with Gasteiger partial charge in [0.25, 0.3) is 0 Å². The summed E-state index contributed by atoms with van der Waals surface area (Å²) in [5.41, 5.74) is 1.29. The Bertz CT molecular complexity index is 979. The van der Waals surface area contributed by atoms with Crippen molar-refractivity contribution in [2.75, 3.05) is 26.7 Å². The summed E-state index contributed by atoms with van der Waals surface area (Å²) < 4.78 is 74.8. The van der Waals surface area contributed by atoms with Gasteiger partial charge in [-0.05, 0) is 30.2 Å². The fourth-order valence-electron chi connectivity index (χ4n) is 4.29. The molecule has 0 saturated carbocycles. The first kappa shape index (κ1) is 31.1. The Labute approximate surface area is 213 Å². The Balaban J connectivity index is 0.000000301. The molecule has 0 unspecified atom stereocenters. The second-order valence-corrected chi connectivity index (χ2v) is 8.51. The van der Waals surface area contributed by atoms with Gasteiger partial charge in [-0.1, -0.05) is 6.07 Å². The number of fused-ring (bicyclic) bond motifs is 1. The molecule has 212 valence electrons. The number of pyridine rings is 1. The van der Waals surface area contributed by atoms with Crippen molar-refractivity contribution >= 4 is 11.9 Å². The predicted octanol–water partition coefficient (Wildman–Crippen LogP) is 3.66. The quantitative estimate of drug-likeness (QED) is 0.534. The fourth-order valence-corrected chi connectivity index (χ4v) is 4.29. The first-order chi connectivity index (χ1) is 17.7. The number of likely N-dealkylation sites (tertiary alicyclic amines) is 2. The van der Waals surface area contributed by atoms with Gasteiger partial charge in [-0.2, -0.15) is 26.3 Å². The maximum Gasteiger partial charge on any atom is 0.490 e. The molecule has 0 radical (unpaired) electrons. The van der Waals surface area contributed by atoms with Gasteiger partial charge < -0.3 is 19.4 Å². The smallest absolute Gasteiger partial charge is 0.475 e. The Morgan fingerprint density at radius 2 is 1.68 bits per heavy atom. The Morgan fingerprint density at radius 3 is 2.16 bits per heavy atom. The molecule has 9 nitrogen and oxygen atoms in total. The third-order valence-electron chi connectivity index (χ3n) is 5.91. The average Bonchev–Trinajstić information content (AvgIpc) is 3.50. The van der Waals surface area contributed by atoms with Gasteiger partial charge in [0.2, 0.25) is 0 Å². The monoisotopic (exact) mass is 555 g/mol. The molecule has 3 atom stereocenters. The first-order valence-electron chi connectivity index (χ1n) is 11.2.